The van der Waals surface area contributed by atoms with Crippen LogP contribution in [0.3, 0.4) is 0 Å². The van der Waals surface area contributed by atoms with Crippen LogP contribution in [0, 0.1) is 5.92 Å². The Labute approximate surface area is 181 Å². The number of anilines is 2. The number of amides is 3. The van der Waals surface area contributed by atoms with Crippen molar-refractivity contribution < 1.29 is 23.9 Å². The van der Waals surface area contributed by atoms with Crippen molar-refractivity contribution in [1.29, 1.82) is 0 Å². The molecule has 8 heteroatoms. The third kappa shape index (κ3) is 4.96. The second-order valence-corrected chi connectivity index (χ2v) is 7.23. The zero-order chi connectivity index (χ0) is 22.4. The van der Waals surface area contributed by atoms with E-state index < -0.39 is 5.92 Å². The molecule has 2 N–H and O–H groups in total. The number of rotatable bonds is 8. The van der Waals surface area contributed by atoms with Gasteiger partial charge in [0.05, 0.1) is 37.1 Å². The fraction of sp³-hybridized carbons (Fsp3) is 0.348. The van der Waals surface area contributed by atoms with Gasteiger partial charge in [-0.2, -0.15) is 0 Å². The van der Waals surface area contributed by atoms with Crippen LogP contribution in [0.4, 0.5) is 11.4 Å². The Morgan fingerprint density at radius 2 is 1.90 bits per heavy atom. The number of benzene rings is 2. The van der Waals surface area contributed by atoms with E-state index in [1.165, 1.54) is 12.0 Å². The quantitative estimate of drug-likeness (QED) is 0.678. The maximum absolute atomic E-state index is 12.9. The molecule has 1 saturated heterocycles. The molecule has 0 radical (unpaired) electrons. The summed E-state index contributed by atoms with van der Waals surface area (Å²) in [5.74, 6) is -0.191. The Morgan fingerprint density at radius 1 is 1.13 bits per heavy atom. The maximum atomic E-state index is 12.9. The highest BCUT2D eigenvalue weighted by Gasteiger charge is 2.36. The summed E-state index contributed by atoms with van der Waals surface area (Å²) in [7, 11) is 3.07. The van der Waals surface area contributed by atoms with Crippen LogP contribution in [0.1, 0.15) is 30.1 Å². The predicted octanol–water partition coefficient (Wildman–Crippen LogP) is 2.84. The van der Waals surface area contributed by atoms with Gasteiger partial charge < -0.3 is 25.0 Å². The van der Waals surface area contributed by atoms with Crippen LogP contribution in [0.2, 0.25) is 0 Å². The Kier molecular flexibility index (Phi) is 7.12. The topological polar surface area (TPSA) is 97.0 Å². The molecule has 0 aromatic heterocycles. The van der Waals surface area contributed by atoms with Gasteiger partial charge in [-0.3, -0.25) is 14.4 Å². The van der Waals surface area contributed by atoms with Gasteiger partial charge in [0.25, 0.3) is 5.91 Å². The van der Waals surface area contributed by atoms with Gasteiger partial charge >= 0.3 is 0 Å². The van der Waals surface area contributed by atoms with Gasteiger partial charge in [0.15, 0.2) is 0 Å². The van der Waals surface area contributed by atoms with Crippen molar-refractivity contribution in [2.75, 3.05) is 37.5 Å². The van der Waals surface area contributed by atoms with Crippen molar-refractivity contribution in [3.63, 3.8) is 0 Å². The van der Waals surface area contributed by atoms with Crippen LogP contribution in [-0.4, -0.2) is 45.0 Å². The zero-order valence-corrected chi connectivity index (χ0v) is 17.9. The van der Waals surface area contributed by atoms with Gasteiger partial charge in [-0.25, -0.2) is 0 Å². The lowest BCUT2D eigenvalue weighted by Gasteiger charge is -2.20. The molecule has 1 fully saturated rings. The minimum atomic E-state index is -0.560. The first-order valence-corrected chi connectivity index (χ1v) is 10.2. The van der Waals surface area contributed by atoms with Crippen molar-refractivity contribution in [1.82, 2.24) is 5.32 Å². The minimum Gasteiger partial charge on any atom is -0.497 e. The number of methoxy groups -OCH3 is 2. The Morgan fingerprint density at radius 3 is 2.61 bits per heavy atom. The molecule has 1 unspecified atom stereocenters. The van der Waals surface area contributed by atoms with Crippen molar-refractivity contribution in [3.8, 4) is 11.5 Å². The largest absolute Gasteiger partial charge is 0.497 e. The van der Waals surface area contributed by atoms with Crippen LogP contribution < -0.4 is 25.0 Å². The summed E-state index contributed by atoms with van der Waals surface area (Å²) in [6.45, 7) is 2.72. The van der Waals surface area contributed by atoms with Gasteiger partial charge in [0.2, 0.25) is 11.8 Å². The van der Waals surface area contributed by atoms with Gasteiger partial charge in [0, 0.05) is 25.6 Å². The van der Waals surface area contributed by atoms with Crippen molar-refractivity contribution >= 4 is 29.1 Å². The molecule has 31 heavy (non-hydrogen) atoms. The van der Waals surface area contributed by atoms with Crippen LogP contribution in [0.25, 0.3) is 0 Å². The molecule has 2 aromatic carbocycles. The van der Waals surface area contributed by atoms with E-state index >= 15 is 0 Å². The molecule has 0 aliphatic carbocycles. The highest BCUT2D eigenvalue weighted by Crippen LogP contribution is 2.36. The highest BCUT2D eigenvalue weighted by molar-refractivity contribution is 6.07. The smallest absolute Gasteiger partial charge is 0.253 e. The Balaban J connectivity index is 1.76. The molecule has 164 valence electrons. The molecule has 0 spiro atoms. The third-order valence-electron chi connectivity index (χ3n) is 5.14. The summed E-state index contributed by atoms with van der Waals surface area (Å²) in [5.41, 5.74) is 1.37. The molecule has 2 aromatic rings. The van der Waals surface area contributed by atoms with Crippen molar-refractivity contribution in [2.45, 2.75) is 19.8 Å². The van der Waals surface area contributed by atoms with E-state index in [1.54, 1.807) is 49.6 Å². The van der Waals surface area contributed by atoms with Gasteiger partial charge in [-0.05, 0) is 30.7 Å². The van der Waals surface area contributed by atoms with Gasteiger partial charge in [-0.1, -0.05) is 19.1 Å². The van der Waals surface area contributed by atoms with Gasteiger partial charge in [-0.15, -0.1) is 0 Å². The normalized spacial score (nSPS) is 15.5. The zero-order valence-electron chi connectivity index (χ0n) is 17.9. The van der Waals surface area contributed by atoms with E-state index in [0.29, 0.717) is 35.0 Å². The summed E-state index contributed by atoms with van der Waals surface area (Å²) in [6.07, 6.45) is 0.879. The summed E-state index contributed by atoms with van der Waals surface area (Å²) < 4.78 is 10.6. The number of carbonyl (C=O) groups is 3. The van der Waals surface area contributed by atoms with Crippen LogP contribution in [0.5, 0.6) is 11.5 Å². The number of nitrogens with zero attached hydrogens (tertiary/aromatic N) is 1. The van der Waals surface area contributed by atoms with Crippen LogP contribution >= 0.6 is 0 Å². The second-order valence-electron chi connectivity index (χ2n) is 7.23. The molecule has 1 aliphatic rings. The lowest BCUT2D eigenvalue weighted by atomic mass is 10.1. The number of hydrogen-bond acceptors (Lipinski definition) is 5. The average Bonchev–Trinajstić information content (AvgIpc) is 3.18. The monoisotopic (exact) mass is 425 g/mol. The standard InChI is InChI=1S/C23H27N3O5/c1-4-11-24-23(29)17-7-5-6-8-18(17)25-22(28)15-12-21(27)26(14-15)19-13-16(30-2)9-10-20(19)31-3/h5-10,13,15H,4,11-12,14H2,1-3H3,(H,24,29)(H,25,28). The van der Waals surface area contributed by atoms with Gasteiger partial charge in [0.1, 0.15) is 11.5 Å². The van der Waals surface area contributed by atoms with E-state index in [0.717, 1.165) is 6.42 Å². The molecule has 0 bridgehead atoms. The van der Waals surface area contributed by atoms with E-state index in [9.17, 15) is 14.4 Å². The first kappa shape index (κ1) is 22.1. The van der Waals surface area contributed by atoms with Crippen molar-refractivity contribution in [2.24, 2.45) is 5.92 Å². The summed E-state index contributed by atoms with van der Waals surface area (Å²) >= 11 is 0. The maximum Gasteiger partial charge on any atom is 0.253 e. The fourth-order valence-corrected chi connectivity index (χ4v) is 3.48. The Hall–Kier alpha value is -3.55. The molecule has 1 atom stereocenters. The van der Waals surface area contributed by atoms with E-state index in [1.807, 2.05) is 6.92 Å². The SMILES string of the molecule is CCCNC(=O)c1ccccc1NC(=O)C1CC(=O)N(c2cc(OC)ccc2OC)C1. The van der Waals surface area contributed by atoms with E-state index in [2.05, 4.69) is 10.6 Å². The third-order valence-corrected chi connectivity index (χ3v) is 5.14. The lowest BCUT2D eigenvalue weighted by Crippen LogP contribution is -2.30. The van der Waals surface area contributed by atoms with E-state index in [4.69, 9.17) is 9.47 Å². The Bertz CT molecular complexity index is 975. The summed E-state index contributed by atoms with van der Waals surface area (Å²) in [6, 6.07) is 12.0. The molecular formula is C23H27N3O5. The average molecular weight is 425 g/mol. The highest BCUT2D eigenvalue weighted by atomic mass is 16.5. The summed E-state index contributed by atoms with van der Waals surface area (Å²) in [4.78, 5) is 39.5. The van der Waals surface area contributed by atoms with Crippen LogP contribution in [0.15, 0.2) is 42.5 Å². The predicted molar refractivity (Wildman–Crippen MR) is 118 cm³/mol. The number of hydrogen-bond donors (Lipinski definition) is 2. The van der Waals surface area contributed by atoms with Crippen LogP contribution in [-0.2, 0) is 9.59 Å². The molecule has 3 rings (SSSR count). The fourth-order valence-electron chi connectivity index (χ4n) is 3.48. The first-order valence-electron chi connectivity index (χ1n) is 10.2. The molecule has 1 aliphatic heterocycles. The minimum absolute atomic E-state index is 0.0659. The molecule has 3 amide bonds. The number of nitrogens with one attached hydrogen (secondary N) is 2. The number of carbonyl (C=O) groups excluding carboxylic acids is 3. The number of ether oxygens (including phenoxy) is 2. The first-order chi connectivity index (χ1) is 15.0. The molecular weight excluding hydrogens is 398 g/mol. The summed E-state index contributed by atoms with van der Waals surface area (Å²) in [5, 5.41) is 5.63. The number of para-hydroxylation sites is 1. The second kappa shape index (κ2) is 9.97. The lowest BCUT2D eigenvalue weighted by molar-refractivity contribution is -0.122. The van der Waals surface area contributed by atoms with Crippen molar-refractivity contribution in [3.05, 3.63) is 48.0 Å². The van der Waals surface area contributed by atoms with E-state index in [-0.39, 0.29) is 30.7 Å². The molecule has 8 nitrogen and oxygen atoms in total. The molecule has 1 heterocycles. The molecule has 0 saturated carbocycles.